The van der Waals surface area contributed by atoms with E-state index in [0.29, 0.717) is 0 Å². The second kappa shape index (κ2) is 5.88. The molecule has 0 saturated carbocycles. The van der Waals surface area contributed by atoms with Crippen molar-refractivity contribution in [2.75, 3.05) is 0 Å². The zero-order valence-electron chi connectivity index (χ0n) is 12.5. The second-order valence-corrected chi connectivity index (χ2v) is 6.66. The highest BCUT2D eigenvalue weighted by Gasteiger charge is 2.44. The Hall–Kier alpha value is -1.14. The Morgan fingerprint density at radius 1 is 1.00 bits per heavy atom. The Morgan fingerprint density at radius 3 is 1.58 bits per heavy atom. The molecule has 0 spiro atoms. The molecule has 6 heteroatoms. The Kier molecular flexibility index (Phi) is 5.53. The third kappa shape index (κ3) is 5.16. The fraction of sp³-hybridized carbons (Fsp3) is 0.846. The first-order valence-corrected chi connectivity index (χ1v) is 6.20. The number of rotatable bonds is 5. The van der Waals surface area contributed by atoms with E-state index in [2.05, 4.69) is 0 Å². The summed E-state index contributed by atoms with van der Waals surface area (Å²) in [6, 6.07) is -1.27. The molecule has 2 atom stereocenters. The topological polar surface area (TPSA) is 98.1 Å². The highest BCUT2D eigenvalue weighted by atomic mass is 16.4. The summed E-state index contributed by atoms with van der Waals surface area (Å²) in [6.07, 6.45) is -2.06. The van der Waals surface area contributed by atoms with Gasteiger partial charge in [0.2, 0.25) is 0 Å². The van der Waals surface area contributed by atoms with E-state index in [1.165, 1.54) is 0 Å². The van der Waals surface area contributed by atoms with Crippen LogP contribution in [0.1, 0.15) is 48.0 Å². The minimum absolute atomic E-state index is 0.527. The molecule has 3 N–H and O–H groups in total. The summed E-state index contributed by atoms with van der Waals surface area (Å²) >= 11 is 0. The summed E-state index contributed by atoms with van der Waals surface area (Å²) in [5, 5.41) is 28.0. The van der Waals surface area contributed by atoms with E-state index in [-0.39, 0.29) is 0 Å². The second-order valence-electron chi connectivity index (χ2n) is 6.66. The molecule has 0 heterocycles. The molecule has 0 aromatic rings. The van der Waals surface area contributed by atoms with E-state index < -0.39 is 41.6 Å². The molecule has 19 heavy (non-hydrogen) atoms. The summed E-state index contributed by atoms with van der Waals surface area (Å²) < 4.78 is 0. The van der Waals surface area contributed by atoms with Gasteiger partial charge in [0.15, 0.2) is 0 Å². The predicted molar refractivity (Wildman–Crippen MR) is 71.0 cm³/mol. The van der Waals surface area contributed by atoms with Crippen LogP contribution in [0.4, 0.5) is 0 Å². The number of hydrogen-bond acceptors (Lipinski definition) is 4. The minimum Gasteiger partial charge on any atom is -0.481 e. The zero-order valence-corrected chi connectivity index (χ0v) is 12.5. The smallest absolute Gasteiger partial charge is 0.323 e. The average Bonchev–Trinajstić information content (AvgIpc) is 2.07. The molecule has 112 valence electrons. The summed E-state index contributed by atoms with van der Waals surface area (Å²) in [6.45, 7) is 11.0. The van der Waals surface area contributed by atoms with Crippen LogP contribution in [0, 0.1) is 0 Å². The molecule has 0 aliphatic rings. The standard InChI is InChI=1S/C13H25NO5/c1-12(2,3)14(13(4,5)6)10(11(18)19)8(15)7-9(16)17/h8,10,15H,7H2,1-6H3,(H,16,17)(H,18,19)/t8?,10-/m0/s1. The maximum atomic E-state index is 11.5. The van der Waals surface area contributed by atoms with Crippen LogP contribution in [0.5, 0.6) is 0 Å². The lowest BCUT2D eigenvalue weighted by Crippen LogP contribution is -2.63. The molecule has 0 fully saturated rings. The summed E-state index contributed by atoms with van der Waals surface area (Å²) in [5.41, 5.74) is -1.05. The van der Waals surface area contributed by atoms with Crippen LogP contribution < -0.4 is 0 Å². The van der Waals surface area contributed by atoms with Crippen LogP contribution in [0.15, 0.2) is 0 Å². The first kappa shape index (κ1) is 17.9. The Bertz CT molecular complexity index is 326. The molecule has 0 aliphatic heterocycles. The maximum absolute atomic E-state index is 11.5. The number of aliphatic carboxylic acids is 2. The highest BCUT2D eigenvalue weighted by Crippen LogP contribution is 2.29. The Balaban J connectivity index is 5.55. The molecule has 0 amide bonds. The molecule has 0 radical (unpaired) electrons. The van der Waals surface area contributed by atoms with Gasteiger partial charge in [0.25, 0.3) is 0 Å². The van der Waals surface area contributed by atoms with Crippen molar-refractivity contribution in [1.29, 1.82) is 0 Å². The molecular formula is C13H25NO5. The number of carbonyl (C=O) groups is 2. The summed E-state index contributed by atoms with van der Waals surface area (Å²) in [4.78, 5) is 23.8. The number of carboxylic acid groups (broad SMARTS) is 2. The van der Waals surface area contributed by atoms with Gasteiger partial charge in [0.05, 0.1) is 12.5 Å². The van der Waals surface area contributed by atoms with Crippen LogP contribution in [0.2, 0.25) is 0 Å². The van der Waals surface area contributed by atoms with Gasteiger partial charge in [-0.15, -0.1) is 0 Å². The lowest BCUT2D eigenvalue weighted by Gasteiger charge is -2.49. The average molecular weight is 275 g/mol. The normalized spacial score (nSPS) is 16.2. The van der Waals surface area contributed by atoms with E-state index in [1.54, 1.807) is 4.90 Å². The van der Waals surface area contributed by atoms with E-state index in [0.717, 1.165) is 0 Å². The third-order valence-corrected chi connectivity index (χ3v) is 2.72. The van der Waals surface area contributed by atoms with Gasteiger partial charge in [-0.25, -0.2) is 0 Å². The quantitative estimate of drug-likeness (QED) is 0.697. The molecule has 0 aromatic heterocycles. The molecule has 0 aromatic carbocycles. The van der Waals surface area contributed by atoms with E-state index in [9.17, 15) is 19.8 Å². The fourth-order valence-electron chi connectivity index (χ4n) is 2.58. The first-order valence-electron chi connectivity index (χ1n) is 6.20. The van der Waals surface area contributed by atoms with Crippen molar-refractivity contribution >= 4 is 11.9 Å². The van der Waals surface area contributed by atoms with Gasteiger partial charge < -0.3 is 15.3 Å². The molecule has 0 rings (SSSR count). The largest absolute Gasteiger partial charge is 0.481 e. The Labute approximate surface area is 114 Å². The molecular weight excluding hydrogens is 250 g/mol. The van der Waals surface area contributed by atoms with Gasteiger partial charge in [0, 0.05) is 11.1 Å². The van der Waals surface area contributed by atoms with Crippen molar-refractivity contribution in [3.8, 4) is 0 Å². The number of hydrogen-bond donors (Lipinski definition) is 3. The van der Waals surface area contributed by atoms with Crippen molar-refractivity contribution in [1.82, 2.24) is 4.90 Å². The molecule has 1 unspecified atom stereocenters. The SMILES string of the molecule is CC(C)(C)N([C@H](C(=O)O)C(O)CC(=O)O)C(C)(C)C. The number of nitrogens with zero attached hydrogens (tertiary/aromatic N) is 1. The van der Waals surface area contributed by atoms with Crippen molar-refractivity contribution in [2.45, 2.75) is 71.2 Å². The van der Waals surface area contributed by atoms with Gasteiger partial charge in [-0.3, -0.25) is 14.5 Å². The van der Waals surface area contributed by atoms with Gasteiger partial charge in [-0.2, -0.15) is 0 Å². The van der Waals surface area contributed by atoms with E-state index in [1.807, 2.05) is 41.5 Å². The number of carboxylic acids is 2. The third-order valence-electron chi connectivity index (χ3n) is 2.72. The lowest BCUT2D eigenvalue weighted by molar-refractivity contribution is -0.159. The minimum atomic E-state index is -1.46. The zero-order chi connectivity index (χ0) is 15.6. The summed E-state index contributed by atoms with van der Waals surface area (Å²) in [5.74, 6) is -2.44. The highest BCUT2D eigenvalue weighted by molar-refractivity contribution is 5.76. The Morgan fingerprint density at radius 2 is 1.37 bits per heavy atom. The van der Waals surface area contributed by atoms with Crippen LogP contribution in [0.25, 0.3) is 0 Å². The van der Waals surface area contributed by atoms with E-state index >= 15 is 0 Å². The molecule has 0 bridgehead atoms. The molecule has 0 aliphatic carbocycles. The predicted octanol–water partition coefficient (Wildman–Crippen LogP) is 1.17. The van der Waals surface area contributed by atoms with Crippen LogP contribution >= 0.6 is 0 Å². The maximum Gasteiger partial charge on any atom is 0.323 e. The molecule has 0 saturated heterocycles. The van der Waals surface area contributed by atoms with Gasteiger partial charge in [-0.1, -0.05) is 0 Å². The number of aliphatic hydroxyl groups excluding tert-OH is 1. The van der Waals surface area contributed by atoms with Crippen LogP contribution in [0.3, 0.4) is 0 Å². The van der Waals surface area contributed by atoms with Crippen LogP contribution in [-0.2, 0) is 9.59 Å². The molecule has 6 nitrogen and oxygen atoms in total. The van der Waals surface area contributed by atoms with Crippen molar-refractivity contribution < 1.29 is 24.9 Å². The fourth-order valence-corrected chi connectivity index (χ4v) is 2.58. The van der Waals surface area contributed by atoms with Gasteiger partial charge in [0.1, 0.15) is 6.04 Å². The van der Waals surface area contributed by atoms with Gasteiger partial charge >= 0.3 is 11.9 Å². The van der Waals surface area contributed by atoms with E-state index in [4.69, 9.17) is 5.11 Å². The van der Waals surface area contributed by atoms with Crippen LogP contribution in [-0.4, -0.2) is 55.4 Å². The van der Waals surface area contributed by atoms with Crippen molar-refractivity contribution in [2.24, 2.45) is 0 Å². The lowest BCUT2D eigenvalue weighted by atomic mass is 9.90. The number of aliphatic hydroxyl groups is 1. The first-order chi connectivity index (χ1) is 8.28. The summed E-state index contributed by atoms with van der Waals surface area (Å²) in [7, 11) is 0. The van der Waals surface area contributed by atoms with Gasteiger partial charge in [-0.05, 0) is 41.5 Å². The van der Waals surface area contributed by atoms with Crippen molar-refractivity contribution in [3.05, 3.63) is 0 Å². The monoisotopic (exact) mass is 275 g/mol. The van der Waals surface area contributed by atoms with Crippen molar-refractivity contribution in [3.63, 3.8) is 0 Å².